The number of carbonyl (C=O) groups excluding carboxylic acids is 2. The lowest BCUT2D eigenvalue weighted by molar-refractivity contribution is -0.136. The van der Waals surface area contributed by atoms with E-state index in [1.165, 1.54) is 13.2 Å². The van der Waals surface area contributed by atoms with Crippen molar-refractivity contribution in [3.8, 4) is 0 Å². The molecule has 0 aliphatic carbocycles. The third-order valence-corrected chi connectivity index (χ3v) is 3.11. The van der Waals surface area contributed by atoms with Crippen molar-refractivity contribution in [2.75, 3.05) is 20.3 Å². The quantitative estimate of drug-likeness (QED) is 0.383. The molecule has 1 fully saturated rings. The van der Waals surface area contributed by atoms with E-state index < -0.39 is 0 Å². The van der Waals surface area contributed by atoms with E-state index in [4.69, 9.17) is 4.74 Å². The minimum Gasteiger partial charge on any atom is -0.466 e. The first-order valence-electron chi connectivity index (χ1n) is 6.84. The molecule has 1 unspecified atom stereocenters. The highest BCUT2D eigenvalue weighted by molar-refractivity contribution is 5.81. The molecule has 0 N–H and O–H groups in total. The Morgan fingerprint density at radius 3 is 2.95 bits per heavy atom. The van der Waals surface area contributed by atoms with Crippen LogP contribution in [0.4, 0.5) is 0 Å². The number of carbonyl (C=O) groups is 2. The first kappa shape index (κ1) is 15.7. The number of ether oxygens (including phenoxy) is 2. The van der Waals surface area contributed by atoms with E-state index >= 15 is 0 Å². The summed E-state index contributed by atoms with van der Waals surface area (Å²) in [7, 11) is 1.36. The maximum absolute atomic E-state index is 11.7. The SMILES string of the molecule is CCOC1CCC(=O)N1CCCC/C=C/C(=O)OC. The molecule has 5 nitrogen and oxygen atoms in total. The number of hydrogen-bond acceptors (Lipinski definition) is 4. The Morgan fingerprint density at radius 1 is 1.47 bits per heavy atom. The Labute approximate surface area is 114 Å². The zero-order chi connectivity index (χ0) is 14.1. The van der Waals surface area contributed by atoms with Crippen molar-refractivity contribution in [3.63, 3.8) is 0 Å². The summed E-state index contributed by atoms with van der Waals surface area (Å²) in [6.07, 6.45) is 7.26. The average Bonchev–Trinajstić information content (AvgIpc) is 2.75. The highest BCUT2D eigenvalue weighted by Gasteiger charge is 2.30. The smallest absolute Gasteiger partial charge is 0.330 e. The average molecular weight is 269 g/mol. The molecular formula is C14H23NO4. The highest BCUT2D eigenvalue weighted by Crippen LogP contribution is 2.20. The highest BCUT2D eigenvalue weighted by atomic mass is 16.5. The number of nitrogens with zero attached hydrogens (tertiary/aromatic N) is 1. The lowest BCUT2D eigenvalue weighted by atomic mass is 10.2. The van der Waals surface area contributed by atoms with Crippen LogP contribution in [0.1, 0.15) is 39.0 Å². The summed E-state index contributed by atoms with van der Waals surface area (Å²) in [4.78, 5) is 24.3. The van der Waals surface area contributed by atoms with E-state index in [0.29, 0.717) is 13.0 Å². The molecule has 1 aliphatic rings. The van der Waals surface area contributed by atoms with Gasteiger partial charge in [0.2, 0.25) is 5.91 Å². The van der Waals surface area contributed by atoms with Gasteiger partial charge >= 0.3 is 5.97 Å². The summed E-state index contributed by atoms with van der Waals surface area (Å²) in [6, 6.07) is 0. The van der Waals surface area contributed by atoms with Crippen LogP contribution in [0, 0.1) is 0 Å². The van der Waals surface area contributed by atoms with Gasteiger partial charge in [-0.05, 0) is 26.2 Å². The van der Waals surface area contributed by atoms with Crippen LogP contribution >= 0.6 is 0 Å². The molecule has 1 aliphatic heterocycles. The normalized spacial score (nSPS) is 19.4. The molecule has 1 saturated heterocycles. The van der Waals surface area contributed by atoms with Gasteiger partial charge in [0, 0.05) is 32.1 Å². The fourth-order valence-electron chi connectivity index (χ4n) is 2.13. The summed E-state index contributed by atoms with van der Waals surface area (Å²) in [6.45, 7) is 3.31. The van der Waals surface area contributed by atoms with E-state index in [2.05, 4.69) is 4.74 Å². The standard InChI is InChI=1S/C14H23NO4/c1-3-19-13-10-9-12(16)15(13)11-7-5-4-6-8-14(17)18-2/h6,8,13H,3-5,7,9-11H2,1-2H3/b8-6+. The van der Waals surface area contributed by atoms with Crippen LogP contribution in [0.15, 0.2) is 12.2 Å². The molecule has 0 radical (unpaired) electrons. The predicted octanol–water partition coefficient (Wildman–Crippen LogP) is 1.87. The third-order valence-electron chi connectivity index (χ3n) is 3.11. The predicted molar refractivity (Wildman–Crippen MR) is 71.4 cm³/mol. The van der Waals surface area contributed by atoms with Gasteiger partial charge in [-0.3, -0.25) is 4.79 Å². The van der Waals surface area contributed by atoms with Crippen LogP contribution in [0.2, 0.25) is 0 Å². The summed E-state index contributed by atoms with van der Waals surface area (Å²) in [5.41, 5.74) is 0. The molecule has 1 rings (SSSR count). The van der Waals surface area contributed by atoms with Crippen LogP contribution in [-0.2, 0) is 19.1 Å². The van der Waals surface area contributed by atoms with Gasteiger partial charge in [0.25, 0.3) is 0 Å². The Kier molecular flexibility index (Phi) is 7.18. The van der Waals surface area contributed by atoms with Crippen molar-refractivity contribution in [1.29, 1.82) is 0 Å². The maximum Gasteiger partial charge on any atom is 0.330 e. The zero-order valence-electron chi connectivity index (χ0n) is 11.8. The van der Waals surface area contributed by atoms with Gasteiger partial charge < -0.3 is 14.4 Å². The van der Waals surface area contributed by atoms with Crippen molar-refractivity contribution < 1.29 is 19.1 Å². The molecule has 0 aromatic rings. The van der Waals surface area contributed by atoms with Crippen molar-refractivity contribution in [3.05, 3.63) is 12.2 Å². The first-order valence-corrected chi connectivity index (χ1v) is 6.84. The fourth-order valence-corrected chi connectivity index (χ4v) is 2.13. The molecule has 0 spiro atoms. The molecule has 19 heavy (non-hydrogen) atoms. The van der Waals surface area contributed by atoms with Crippen molar-refractivity contribution in [1.82, 2.24) is 4.90 Å². The van der Waals surface area contributed by atoms with Crippen molar-refractivity contribution in [2.24, 2.45) is 0 Å². The first-order chi connectivity index (χ1) is 9.19. The Balaban J connectivity index is 2.19. The topological polar surface area (TPSA) is 55.8 Å². The fraction of sp³-hybridized carbons (Fsp3) is 0.714. The number of amides is 1. The van der Waals surface area contributed by atoms with Gasteiger partial charge in [0.1, 0.15) is 6.23 Å². The van der Waals surface area contributed by atoms with Crippen LogP contribution in [0.5, 0.6) is 0 Å². The van der Waals surface area contributed by atoms with Crippen molar-refractivity contribution >= 4 is 11.9 Å². The van der Waals surface area contributed by atoms with E-state index in [-0.39, 0.29) is 18.1 Å². The third kappa shape index (κ3) is 5.42. The molecule has 1 atom stereocenters. The molecule has 108 valence electrons. The number of likely N-dealkylation sites (tertiary alicyclic amines) is 1. The second kappa shape index (κ2) is 8.69. The van der Waals surface area contributed by atoms with Crippen molar-refractivity contribution in [2.45, 2.75) is 45.3 Å². The number of rotatable bonds is 8. The maximum atomic E-state index is 11.7. The number of allylic oxidation sites excluding steroid dienone is 1. The van der Waals surface area contributed by atoms with E-state index in [9.17, 15) is 9.59 Å². The summed E-state index contributed by atoms with van der Waals surface area (Å²) < 4.78 is 10.0. The number of hydrogen-bond donors (Lipinski definition) is 0. The monoisotopic (exact) mass is 269 g/mol. The van der Waals surface area contributed by atoms with Crippen LogP contribution in [0.25, 0.3) is 0 Å². The molecular weight excluding hydrogens is 246 g/mol. The molecule has 5 heteroatoms. The van der Waals surface area contributed by atoms with Crippen LogP contribution in [0.3, 0.4) is 0 Å². The largest absolute Gasteiger partial charge is 0.466 e. The summed E-state index contributed by atoms with van der Waals surface area (Å²) in [5, 5.41) is 0. The van der Waals surface area contributed by atoms with Gasteiger partial charge in [-0.25, -0.2) is 4.79 Å². The molecule has 0 aromatic heterocycles. The molecule has 1 heterocycles. The Hall–Kier alpha value is -1.36. The molecule has 0 saturated carbocycles. The summed E-state index contributed by atoms with van der Waals surface area (Å²) >= 11 is 0. The second-order valence-electron chi connectivity index (χ2n) is 4.46. The lowest BCUT2D eigenvalue weighted by Gasteiger charge is -2.24. The van der Waals surface area contributed by atoms with Gasteiger partial charge in [0.05, 0.1) is 7.11 Å². The minimum atomic E-state index is -0.328. The lowest BCUT2D eigenvalue weighted by Crippen LogP contribution is -2.35. The number of methoxy groups -OCH3 is 1. The number of unbranched alkanes of at least 4 members (excludes halogenated alkanes) is 2. The Morgan fingerprint density at radius 2 is 2.26 bits per heavy atom. The van der Waals surface area contributed by atoms with E-state index in [1.54, 1.807) is 6.08 Å². The van der Waals surface area contributed by atoms with Gasteiger partial charge in [-0.15, -0.1) is 0 Å². The van der Waals surface area contributed by atoms with E-state index in [1.807, 2.05) is 11.8 Å². The van der Waals surface area contributed by atoms with Crippen LogP contribution < -0.4 is 0 Å². The van der Waals surface area contributed by atoms with E-state index in [0.717, 1.165) is 32.2 Å². The van der Waals surface area contributed by atoms with Crippen LogP contribution in [-0.4, -0.2) is 43.3 Å². The molecule has 0 bridgehead atoms. The number of esters is 1. The second-order valence-corrected chi connectivity index (χ2v) is 4.46. The molecule has 1 amide bonds. The van der Waals surface area contributed by atoms with Gasteiger partial charge in [0.15, 0.2) is 0 Å². The Bertz CT molecular complexity index is 327. The zero-order valence-corrected chi connectivity index (χ0v) is 11.8. The van der Waals surface area contributed by atoms with Gasteiger partial charge in [-0.1, -0.05) is 6.08 Å². The minimum absolute atomic E-state index is 0.0388. The molecule has 0 aromatic carbocycles. The summed E-state index contributed by atoms with van der Waals surface area (Å²) in [5.74, 6) is -0.144. The van der Waals surface area contributed by atoms with Gasteiger partial charge in [-0.2, -0.15) is 0 Å².